The molecule has 0 aromatic heterocycles. The second kappa shape index (κ2) is 6.02. The van der Waals surface area contributed by atoms with Crippen molar-refractivity contribution in [1.29, 1.82) is 0 Å². The first kappa shape index (κ1) is 10.6. The summed E-state index contributed by atoms with van der Waals surface area (Å²) < 4.78 is 2.01. The SMILES string of the molecule is CNCCN(S)Cc1ccccc1. The fourth-order valence-corrected chi connectivity index (χ4v) is 1.38. The number of likely N-dealkylation sites (N-methyl/N-ethyl adjacent to an activating group) is 1. The number of thiol groups is 1. The number of benzene rings is 1. The minimum absolute atomic E-state index is 0.894. The molecule has 72 valence electrons. The quantitative estimate of drug-likeness (QED) is 0.695. The maximum absolute atomic E-state index is 4.37. The Morgan fingerprint density at radius 1 is 1.31 bits per heavy atom. The van der Waals surface area contributed by atoms with Crippen LogP contribution >= 0.6 is 12.8 Å². The van der Waals surface area contributed by atoms with E-state index in [9.17, 15) is 0 Å². The highest BCUT2D eigenvalue weighted by Gasteiger charge is 1.98. The van der Waals surface area contributed by atoms with Gasteiger partial charge in [0, 0.05) is 19.6 Å². The van der Waals surface area contributed by atoms with Crippen molar-refractivity contribution < 1.29 is 0 Å². The van der Waals surface area contributed by atoms with Crippen LogP contribution in [-0.4, -0.2) is 24.4 Å². The summed E-state index contributed by atoms with van der Waals surface area (Å²) in [4.78, 5) is 0. The van der Waals surface area contributed by atoms with Crippen molar-refractivity contribution >= 4 is 12.8 Å². The molecule has 1 aromatic carbocycles. The summed E-state index contributed by atoms with van der Waals surface area (Å²) in [7, 11) is 1.95. The molecule has 3 heteroatoms. The van der Waals surface area contributed by atoms with Crippen LogP contribution in [0.25, 0.3) is 0 Å². The van der Waals surface area contributed by atoms with Gasteiger partial charge in [0.15, 0.2) is 0 Å². The summed E-state index contributed by atoms with van der Waals surface area (Å²) >= 11 is 4.37. The predicted molar refractivity (Wildman–Crippen MR) is 59.8 cm³/mol. The molecule has 0 saturated heterocycles. The maximum Gasteiger partial charge on any atom is 0.0338 e. The lowest BCUT2D eigenvalue weighted by Crippen LogP contribution is -2.23. The van der Waals surface area contributed by atoms with Gasteiger partial charge in [0.1, 0.15) is 0 Å². The Morgan fingerprint density at radius 3 is 2.62 bits per heavy atom. The number of hydrogen-bond acceptors (Lipinski definition) is 3. The minimum Gasteiger partial charge on any atom is -0.318 e. The molecule has 0 heterocycles. The average Bonchev–Trinajstić information content (AvgIpc) is 2.16. The zero-order chi connectivity index (χ0) is 9.52. The Hall–Kier alpha value is -0.510. The molecular formula is C10H16N2S. The van der Waals surface area contributed by atoms with Crippen LogP contribution in [-0.2, 0) is 6.54 Å². The molecule has 0 radical (unpaired) electrons. The Morgan fingerprint density at radius 2 is 2.00 bits per heavy atom. The Labute approximate surface area is 85.5 Å². The first-order chi connectivity index (χ1) is 6.33. The van der Waals surface area contributed by atoms with E-state index in [1.807, 2.05) is 17.4 Å². The molecule has 1 rings (SSSR count). The van der Waals surface area contributed by atoms with Gasteiger partial charge in [-0.25, -0.2) is 4.31 Å². The summed E-state index contributed by atoms with van der Waals surface area (Å²) in [5.74, 6) is 0. The van der Waals surface area contributed by atoms with Crippen LogP contribution in [0, 0.1) is 0 Å². The van der Waals surface area contributed by atoms with Crippen LogP contribution in [0.2, 0.25) is 0 Å². The van der Waals surface area contributed by atoms with Gasteiger partial charge in [0.25, 0.3) is 0 Å². The third kappa shape index (κ3) is 4.31. The van der Waals surface area contributed by atoms with Crippen molar-refractivity contribution in [3.63, 3.8) is 0 Å². The van der Waals surface area contributed by atoms with Gasteiger partial charge in [0.2, 0.25) is 0 Å². The van der Waals surface area contributed by atoms with Crippen molar-refractivity contribution in [2.75, 3.05) is 20.1 Å². The van der Waals surface area contributed by atoms with E-state index < -0.39 is 0 Å². The molecule has 2 nitrogen and oxygen atoms in total. The van der Waals surface area contributed by atoms with Crippen molar-refractivity contribution in [3.05, 3.63) is 35.9 Å². The van der Waals surface area contributed by atoms with Gasteiger partial charge in [-0.3, -0.25) is 0 Å². The largest absolute Gasteiger partial charge is 0.318 e. The number of nitrogens with one attached hydrogen (secondary N) is 1. The van der Waals surface area contributed by atoms with E-state index in [-0.39, 0.29) is 0 Å². The number of rotatable bonds is 5. The predicted octanol–water partition coefficient (Wildman–Crippen LogP) is 1.55. The average molecular weight is 196 g/mol. The minimum atomic E-state index is 0.894. The first-order valence-electron chi connectivity index (χ1n) is 4.45. The molecule has 0 saturated carbocycles. The topological polar surface area (TPSA) is 15.3 Å². The van der Waals surface area contributed by atoms with Crippen LogP contribution in [0.4, 0.5) is 0 Å². The molecular weight excluding hydrogens is 180 g/mol. The van der Waals surface area contributed by atoms with E-state index in [0.29, 0.717) is 0 Å². The number of nitrogens with zero attached hydrogens (tertiary/aromatic N) is 1. The molecule has 0 bridgehead atoms. The van der Waals surface area contributed by atoms with E-state index >= 15 is 0 Å². The van der Waals surface area contributed by atoms with Crippen molar-refractivity contribution in [2.45, 2.75) is 6.54 Å². The normalized spacial score (nSPS) is 10.7. The lowest BCUT2D eigenvalue weighted by atomic mass is 10.2. The van der Waals surface area contributed by atoms with Gasteiger partial charge in [-0.05, 0) is 12.6 Å². The third-order valence-electron chi connectivity index (χ3n) is 1.83. The van der Waals surface area contributed by atoms with Crippen LogP contribution < -0.4 is 5.32 Å². The smallest absolute Gasteiger partial charge is 0.0338 e. The van der Waals surface area contributed by atoms with Crippen molar-refractivity contribution in [3.8, 4) is 0 Å². The molecule has 0 aliphatic carbocycles. The molecule has 0 aliphatic heterocycles. The fourth-order valence-electron chi connectivity index (χ4n) is 1.11. The van der Waals surface area contributed by atoms with Crippen LogP contribution in [0.3, 0.4) is 0 Å². The highest BCUT2D eigenvalue weighted by molar-refractivity contribution is 7.77. The lowest BCUT2D eigenvalue weighted by molar-refractivity contribution is 0.467. The van der Waals surface area contributed by atoms with Crippen LogP contribution in [0.15, 0.2) is 30.3 Å². The third-order valence-corrected chi connectivity index (χ3v) is 2.17. The molecule has 0 aliphatic rings. The molecule has 0 atom stereocenters. The molecule has 1 N–H and O–H groups in total. The Balaban J connectivity index is 2.32. The monoisotopic (exact) mass is 196 g/mol. The van der Waals surface area contributed by atoms with Crippen molar-refractivity contribution in [1.82, 2.24) is 9.62 Å². The van der Waals surface area contributed by atoms with Gasteiger partial charge in [-0.1, -0.05) is 43.1 Å². The van der Waals surface area contributed by atoms with E-state index in [4.69, 9.17) is 0 Å². The van der Waals surface area contributed by atoms with Crippen molar-refractivity contribution in [2.24, 2.45) is 0 Å². The summed E-state index contributed by atoms with van der Waals surface area (Å²) in [6, 6.07) is 10.4. The maximum atomic E-state index is 4.37. The van der Waals surface area contributed by atoms with Crippen LogP contribution in [0.5, 0.6) is 0 Å². The molecule has 0 fully saturated rings. The van der Waals surface area contributed by atoms with Gasteiger partial charge in [0.05, 0.1) is 0 Å². The zero-order valence-corrected chi connectivity index (χ0v) is 8.80. The highest BCUT2D eigenvalue weighted by atomic mass is 32.1. The van der Waals surface area contributed by atoms with E-state index in [1.165, 1.54) is 5.56 Å². The molecule has 1 aromatic rings. The number of hydrogen-bond donors (Lipinski definition) is 2. The first-order valence-corrected chi connectivity index (χ1v) is 4.85. The zero-order valence-electron chi connectivity index (χ0n) is 7.90. The van der Waals surface area contributed by atoms with E-state index in [0.717, 1.165) is 19.6 Å². The molecule has 0 unspecified atom stereocenters. The fraction of sp³-hybridized carbons (Fsp3) is 0.400. The van der Waals surface area contributed by atoms with E-state index in [2.05, 4.69) is 42.4 Å². The second-order valence-corrected chi connectivity index (χ2v) is 3.54. The van der Waals surface area contributed by atoms with Gasteiger partial charge >= 0.3 is 0 Å². The van der Waals surface area contributed by atoms with Gasteiger partial charge < -0.3 is 5.32 Å². The molecule has 0 amide bonds. The Bertz CT molecular complexity index is 226. The van der Waals surface area contributed by atoms with Gasteiger partial charge in [-0.15, -0.1) is 0 Å². The van der Waals surface area contributed by atoms with Crippen LogP contribution in [0.1, 0.15) is 5.56 Å². The highest BCUT2D eigenvalue weighted by Crippen LogP contribution is 2.04. The summed E-state index contributed by atoms with van der Waals surface area (Å²) in [6.07, 6.45) is 0. The Kier molecular flexibility index (Phi) is 4.90. The lowest BCUT2D eigenvalue weighted by Gasteiger charge is -2.14. The molecule has 13 heavy (non-hydrogen) atoms. The summed E-state index contributed by atoms with van der Waals surface area (Å²) in [6.45, 7) is 2.82. The van der Waals surface area contributed by atoms with E-state index in [1.54, 1.807) is 0 Å². The summed E-state index contributed by atoms with van der Waals surface area (Å²) in [5.41, 5.74) is 1.30. The standard InChI is InChI=1S/C10H16N2S/c1-11-7-8-12(13)9-10-5-3-2-4-6-10/h2-6,11,13H,7-9H2,1H3. The van der Waals surface area contributed by atoms with Gasteiger partial charge in [-0.2, -0.15) is 0 Å². The summed E-state index contributed by atoms with van der Waals surface area (Å²) in [5, 5.41) is 3.09. The molecule has 0 spiro atoms. The second-order valence-electron chi connectivity index (χ2n) is 2.98.